The van der Waals surface area contributed by atoms with Crippen LogP contribution >= 0.6 is 0 Å². The molecule has 2 rings (SSSR count). The molecule has 27 heavy (non-hydrogen) atoms. The van der Waals surface area contributed by atoms with Crippen molar-refractivity contribution in [2.75, 3.05) is 6.61 Å². The zero-order valence-electron chi connectivity index (χ0n) is 17.2. The summed E-state index contributed by atoms with van der Waals surface area (Å²) in [7, 11) is 0. The molecule has 0 heterocycles. The maximum Gasteiger partial charge on any atom is 0.330 e. The third-order valence-corrected chi connectivity index (χ3v) is 5.09. The van der Waals surface area contributed by atoms with Crippen molar-refractivity contribution in [1.29, 1.82) is 0 Å². The van der Waals surface area contributed by atoms with E-state index in [1.54, 1.807) is 0 Å². The number of carbonyl (C=O) groups is 1. The summed E-state index contributed by atoms with van der Waals surface area (Å²) in [5, 5.41) is 0. The molecular formula is C23H34O4. The Morgan fingerprint density at radius 1 is 1.22 bits per heavy atom. The first-order valence-electron chi connectivity index (χ1n) is 10.1. The van der Waals surface area contributed by atoms with Crippen LogP contribution in [0.4, 0.5) is 0 Å². The summed E-state index contributed by atoms with van der Waals surface area (Å²) in [5.74, 6) is 1.05. The van der Waals surface area contributed by atoms with E-state index in [4.69, 9.17) is 14.2 Å². The first-order valence-corrected chi connectivity index (χ1v) is 10.1. The van der Waals surface area contributed by atoms with Crippen molar-refractivity contribution in [3.05, 3.63) is 42.5 Å². The van der Waals surface area contributed by atoms with Gasteiger partial charge in [-0.1, -0.05) is 18.7 Å². The average molecular weight is 375 g/mol. The molecule has 1 aromatic carbocycles. The predicted octanol–water partition coefficient (Wildman–Crippen LogP) is 5.41. The second-order valence-electron chi connectivity index (χ2n) is 8.02. The molecule has 0 aliphatic heterocycles. The molecule has 1 aromatic rings. The monoisotopic (exact) mass is 374 g/mol. The molecule has 4 nitrogen and oxygen atoms in total. The maximum atomic E-state index is 11.3. The summed E-state index contributed by atoms with van der Waals surface area (Å²) < 4.78 is 17.1. The lowest BCUT2D eigenvalue weighted by Crippen LogP contribution is -2.33. The van der Waals surface area contributed by atoms with Gasteiger partial charge in [0.1, 0.15) is 17.5 Å². The Kier molecular flexibility index (Phi) is 7.91. The summed E-state index contributed by atoms with van der Waals surface area (Å²) >= 11 is 0. The van der Waals surface area contributed by atoms with E-state index in [9.17, 15) is 4.79 Å². The first kappa shape index (κ1) is 21.5. The molecule has 0 aromatic heterocycles. The van der Waals surface area contributed by atoms with Crippen LogP contribution in [0.2, 0.25) is 0 Å². The normalized spacial score (nSPS) is 21.3. The molecule has 1 aliphatic carbocycles. The number of esters is 1. The lowest BCUT2D eigenvalue weighted by Gasteiger charge is -2.30. The first-order chi connectivity index (χ1) is 12.8. The third-order valence-electron chi connectivity index (χ3n) is 5.09. The Bertz CT molecular complexity index is 597. The fraction of sp³-hybridized carbons (Fsp3) is 0.609. The van der Waals surface area contributed by atoms with Crippen LogP contribution in [0.1, 0.15) is 71.3 Å². The van der Waals surface area contributed by atoms with Crippen LogP contribution in [-0.4, -0.2) is 30.4 Å². The lowest BCUT2D eigenvalue weighted by molar-refractivity contribution is -0.144. The third kappa shape index (κ3) is 7.02. The van der Waals surface area contributed by atoms with Gasteiger partial charge in [-0.25, -0.2) is 4.79 Å². The number of hydrogen-bond donors (Lipinski definition) is 0. The summed E-state index contributed by atoms with van der Waals surface area (Å²) in [5.41, 5.74) is 0.946. The number of benzene rings is 1. The van der Waals surface area contributed by atoms with Crippen molar-refractivity contribution in [1.82, 2.24) is 0 Å². The minimum absolute atomic E-state index is 0.231. The summed E-state index contributed by atoms with van der Waals surface area (Å²) in [6.45, 7) is 12.2. The van der Waals surface area contributed by atoms with Gasteiger partial charge in [-0.05, 0) is 77.0 Å². The molecule has 0 N–H and O–H groups in total. The Balaban J connectivity index is 1.87. The molecule has 1 unspecified atom stereocenters. The highest BCUT2D eigenvalue weighted by Crippen LogP contribution is 2.35. The SMILES string of the molecule is C=CC(=O)OC(C)CC(C)(C)Oc1ccc(C2CCC(OCC)CC2)cc1. The van der Waals surface area contributed by atoms with E-state index >= 15 is 0 Å². The van der Waals surface area contributed by atoms with Gasteiger partial charge in [0, 0.05) is 19.1 Å². The minimum Gasteiger partial charge on any atom is -0.488 e. The molecule has 0 radical (unpaired) electrons. The number of ether oxygens (including phenoxy) is 3. The number of rotatable bonds is 9. The van der Waals surface area contributed by atoms with Gasteiger partial charge >= 0.3 is 5.97 Å². The van der Waals surface area contributed by atoms with Gasteiger partial charge in [-0.15, -0.1) is 0 Å². The van der Waals surface area contributed by atoms with Crippen LogP contribution in [0.3, 0.4) is 0 Å². The smallest absolute Gasteiger partial charge is 0.330 e. The zero-order valence-corrected chi connectivity index (χ0v) is 17.2. The summed E-state index contributed by atoms with van der Waals surface area (Å²) in [4.78, 5) is 11.3. The Morgan fingerprint density at radius 3 is 2.41 bits per heavy atom. The second-order valence-corrected chi connectivity index (χ2v) is 8.02. The summed E-state index contributed by atoms with van der Waals surface area (Å²) in [6, 6.07) is 8.45. The Labute approximate surface area is 163 Å². The van der Waals surface area contributed by atoms with Gasteiger partial charge in [0.2, 0.25) is 0 Å². The van der Waals surface area contributed by atoms with E-state index in [0.717, 1.165) is 25.2 Å². The van der Waals surface area contributed by atoms with E-state index in [1.165, 1.54) is 24.5 Å². The van der Waals surface area contributed by atoms with Gasteiger partial charge in [0.15, 0.2) is 0 Å². The van der Waals surface area contributed by atoms with Crippen LogP contribution in [0.25, 0.3) is 0 Å². The number of hydrogen-bond acceptors (Lipinski definition) is 4. The van der Waals surface area contributed by atoms with Crippen molar-refractivity contribution in [2.45, 2.75) is 83.5 Å². The van der Waals surface area contributed by atoms with Crippen LogP contribution in [0.15, 0.2) is 36.9 Å². The fourth-order valence-corrected chi connectivity index (χ4v) is 3.95. The average Bonchev–Trinajstić information content (AvgIpc) is 2.62. The maximum absolute atomic E-state index is 11.3. The second kappa shape index (κ2) is 9.93. The Hall–Kier alpha value is -1.81. The van der Waals surface area contributed by atoms with Crippen LogP contribution in [0.5, 0.6) is 5.75 Å². The minimum atomic E-state index is -0.433. The van der Waals surface area contributed by atoms with E-state index in [-0.39, 0.29) is 6.10 Å². The Morgan fingerprint density at radius 2 is 1.85 bits per heavy atom. The van der Waals surface area contributed by atoms with E-state index in [1.807, 2.05) is 32.9 Å². The van der Waals surface area contributed by atoms with E-state index in [0.29, 0.717) is 18.4 Å². The molecule has 1 fully saturated rings. The molecular weight excluding hydrogens is 340 g/mol. The van der Waals surface area contributed by atoms with Gasteiger partial charge in [-0.3, -0.25) is 0 Å². The molecule has 150 valence electrons. The summed E-state index contributed by atoms with van der Waals surface area (Å²) in [6.07, 6.45) is 6.65. The van der Waals surface area contributed by atoms with Crippen molar-refractivity contribution in [2.24, 2.45) is 0 Å². The molecule has 0 bridgehead atoms. The quantitative estimate of drug-likeness (QED) is 0.428. The standard InChI is InChI=1S/C23H34O4/c1-6-22(24)26-17(3)16-23(4,5)27-21-14-10-19(11-15-21)18-8-12-20(13-9-18)25-7-2/h6,10-11,14-15,17-18,20H,1,7-9,12-13,16H2,2-5H3. The highest BCUT2D eigenvalue weighted by Gasteiger charge is 2.26. The van der Waals surface area contributed by atoms with Crippen LogP contribution in [0, 0.1) is 0 Å². The molecule has 1 atom stereocenters. The van der Waals surface area contributed by atoms with Gasteiger partial charge in [0.25, 0.3) is 0 Å². The molecule has 1 saturated carbocycles. The largest absolute Gasteiger partial charge is 0.488 e. The molecule has 1 aliphatic rings. The predicted molar refractivity (Wildman–Crippen MR) is 108 cm³/mol. The molecule has 0 spiro atoms. The highest BCUT2D eigenvalue weighted by atomic mass is 16.5. The van der Waals surface area contributed by atoms with Gasteiger partial charge in [0.05, 0.1) is 6.10 Å². The van der Waals surface area contributed by atoms with E-state index in [2.05, 4.69) is 25.6 Å². The van der Waals surface area contributed by atoms with Crippen molar-refractivity contribution in [3.8, 4) is 5.75 Å². The van der Waals surface area contributed by atoms with Crippen LogP contribution < -0.4 is 4.74 Å². The van der Waals surface area contributed by atoms with Crippen molar-refractivity contribution < 1.29 is 19.0 Å². The fourth-order valence-electron chi connectivity index (χ4n) is 3.95. The van der Waals surface area contributed by atoms with Crippen molar-refractivity contribution >= 4 is 5.97 Å². The molecule has 0 saturated heterocycles. The molecule has 4 heteroatoms. The lowest BCUT2D eigenvalue weighted by atomic mass is 9.83. The topological polar surface area (TPSA) is 44.8 Å². The van der Waals surface area contributed by atoms with Gasteiger partial charge < -0.3 is 14.2 Å². The molecule has 0 amide bonds. The van der Waals surface area contributed by atoms with Crippen molar-refractivity contribution in [3.63, 3.8) is 0 Å². The van der Waals surface area contributed by atoms with Gasteiger partial charge in [-0.2, -0.15) is 0 Å². The number of carbonyl (C=O) groups excluding carboxylic acids is 1. The van der Waals surface area contributed by atoms with E-state index < -0.39 is 11.6 Å². The highest BCUT2D eigenvalue weighted by molar-refractivity contribution is 5.81. The van der Waals surface area contributed by atoms with Crippen LogP contribution in [-0.2, 0) is 14.3 Å². The zero-order chi connectivity index (χ0) is 19.9.